The maximum absolute atomic E-state index is 12.7. The smallest absolute Gasteiger partial charge is 0.294 e. The zero-order valence-corrected chi connectivity index (χ0v) is 18.2. The molecule has 2 aliphatic rings. The molecule has 0 radical (unpaired) electrons. The fraction of sp³-hybridized carbons (Fsp3) is 0.476. The van der Waals surface area contributed by atoms with Crippen LogP contribution in [0.2, 0.25) is 0 Å². The van der Waals surface area contributed by atoms with E-state index in [0.29, 0.717) is 31.3 Å². The first kappa shape index (κ1) is 22.2. The number of carbonyl (C=O) groups excluding carboxylic acids is 3. The lowest BCUT2D eigenvalue weighted by Crippen LogP contribution is -2.41. The third-order valence-electron chi connectivity index (χ3n) is 4.86. The lowest BCUT2D eigenvalue weighted by molar-refractivity contribution is -0.129. The van der Waals surface area contributed by atoms with Crippen molar-refractivity contribution in [1.82, 2.24) is 10.2 Å². The highest BCUT2D eigenvalue weighted by Crippen LogP contribution is 2.36. The third kappa shape index (κ3) is 5.14. The van der Waals surface area contributed by atoms with Crippen LogP contribution in [0.3, 0.4) is 0 Å². The van der Waals surface area contributed by atoms with Gasteiger partial charge in [-0.25, -0.2) is 0 Å². The standard InChI is InChI=1S/C21H26N2O6S/c1-4-28-17-9-14(13(2)8-16(17)27-3)10-18-20(25)23(21(26)30-18)12-19(24)22-11-15-6-5-7-29-15/h8-10,15H,4-7,11-12H2,1-3H3,(H,22,24)/b18-10-/t15-/m0/s1. The minimum Gasteiger partial charge on any atom is -0.493 e. The van der Waals surface area contributed by atoms with Gasteiger partial charge in [0.25, 0.3) is 11.1 Å². The summed E-state index contributed by atoms with van der Waals surface area (Å²) >= 11 is 0.822. The van der Waals surface area contributed by atoms with Crippen LogP contribution >= 0.6 is 11.8 Å². The van der Waals surface area contributed by atoms with E-state index < -0.39 is 11.1 Å². The average molecular weight is 435 g/mol. The Labute approximate surface area is 179 Å². The molecule has 1 N–H and O–H groups in total. The highest BCUT2D eigenvalue weighted by Gasteiger charge is 2.36. The van der Waals surface area contributed by atoms with Gasteiger partial charge in [-0.05, 0) is 67.8 Å². The molecular weight excluding hydrogens is 408 g/mol. The van der Waals surface area contributed by atoms with Crippen LogP contribution in [0.4, 0.5) is 4.79 Å². The van der Waals surface area contributed by atoms with Crippen LogP contribution in [0.15, 0.2) is 17.0 Å². The summed E-state index contributed by atoms with van der Waals surface area (Å²) in [5.74, 6) is 0.297. The fourth-order valence-corrected chi connectivity index (χ4v) is 4.10. The van der Waals surface area contributed by atoms with Crippen LogP contribution < -0.4 is 14.8 Å². The predicted octanol–water partition coefficient (Wildman–Crippen LogP) is 2.73. The first-order valence-electron chi connectivity index (χ1n) is 9.88. The second-order valence-corrected chi connectivity index (χ2v) is 7.99. The normalized spacial score (nSPS) is 20.2. The minimum absolute atomic E-state index is 0.00125. The molecule has 2 fully saturated rings. The molecule has 8 nitrogen and oxygen atoms in total. The van der Waals surface area contributed by atoms with E-state index in [1.165, 1.54) is 0 Å². The molecule has 0 saturated carbocycles. The quantitative estimate of drug-likeness (QED) is 0.629. The summed E-state index contributed by atoms with van der Waals surface area (Å²) in [5, 5.41) is 2.27. The number of thioether (sulfide) groups is 1. The van der Waals surface area contributed by atoms with Crippen molar-refractivity contribution in [3.05, 3.63) is 28.2 Å². The lowest BCUT2D eigenvalue weighted by Gasteiger charge is -2.14. The van der Waals surface area contributed by atoms with Gasteiger partial charge in [0.1, 0.15) is 6.54 Å². The molecule has 1 aromatic rings. The number of ether oxygens (including phenoxy) is 3. The minimum atomic E-state index is -0.481. The van der Waals surface area contributed by atoms with E-state index in [4.69, 9.17) is 14.2 Å². The Balaban J connectivity index is 1.69. The van der Waals surface area contributed by atoms with Gasteiger partial charge in [0, 0.05) is 13.2 Å². The van der Waals surface area contributed by atoms with Gasteiger partial charge in [0.15, 0.2) is 11.5 Å². The van der Waals surface area contributed by atoms with Crippen LogP contribution in [0, 0.1) is 6.92 Å². The van der Waals surface area contributed by atoms with Crippen LogP contribution in [0.1, 0.15) is 30.9 Å². The molecule has 2 aliphatic heterocycles. The van der Waals surface area contributed by atoms with Crippen molar-refractivity contribution in [3.63, 3.8) is 0 Å². The Hall–Kier alpha value is -2.52. The Bertz CT molecular complexity index is 863. The van der Waals surface area contributed by atoms with Crippen molar-refractivity contribution in [2.24, 2.45) is 0 Å². The Kier molecular flexibility index (Phi) is 7.38. The summed E-state index contributed by atoms with van der Waals surface area (Å²) in [6, 6.07) is 3.60. The highest BCUT2D eigenvalue weighted by atomic mass is 32.2. The molecule has 0 bridgehead atoms. The molecule has 0 unspecified atom stereocenters. The topological polar surface area (TPSA) is 94.2 Å². The summed E-state index contributed by atoms with van der Waals surface area (Å²) in [4.78, 5) is 38.4. The molecule has 0 aromatic heterocycles. The average Bonchev–Trinajstić information content (AvgIpc) is 3.33. The Morgan fingerprint density at radius 1 is 1.37 bits per heavy atom. The maximum Gasteiger partial charge on any atom is 0.294 e. The third-order valence-corrected chi connectivity index (χ3v) is 5.77. The first-order chi connectivity index (χ1) is 14.4. The first-order valence-corrected chi connectivity index (χ1v) is 10.7. The monoisotopic (exact) mass is 434 g/mol. The number of nitrogens with one attached hydrogen (secondary N) is 1. The Morgan fingerprint density at radius 3 is 2.83 bits per heavy atom. The molecule has 0 aliphatic carbocycles. The lowest BCUT2D eigenvalue weighted by atomic mass is 10.1. The molecule has 2 saturated heterocycles. The number of nitrogens with zero attached hydrogens (tertiary/aromatic N) is 1. The molecule has 0 spiro atoms. The van der Waals surface area contributed by atoms with E-state index in [9.17, 15) is 14.4 Å². The van der Waals surface area contributed by atoms with Crippen molar-refractivity contribution in [2.75, 3.05) is 33.4 Å². The van der Waals surface area contributed by atoms with Gasteiger partial charge in [-0.2, -0.15) is 0 Å². The molecule has 2 heterocycles. The number of benzene rings is 1. The summed E-state index contributed by atoms with van der Waals surface area (Å²) in [6.07, 6.45) is 3.52. The molecule has 3 amide bonds. The summed E-state index contributed by atoms with van der Waals surface area (Å²) < 4.78 is 16.4. The molecule has 162 valence electrons. The number of methoxy groups -OCH3 is 1. The van der Waals surface area contributed by atoms with Crippen LogP contribution in [0.25, 0.3) is 6.08 Å². The number of hydrogen-bond donors (Lipinski definition) is 1. The zero-order valence-electron chi connectivity index (χ0n) is 17.4. The molecule has 9 heteroatoms. The van der Waals surface area contributed by atoms with Gasteiger partial charge in [-0.1, -0.05) is 0 Å². The number of rotatable bonds is 8. The van der Waals surface area contributed by atoms with Crippen molar-refractivity contribution in [1.29, 1.82) is 0 Å². The fourth-order valence-electron chi connectivity index (χ4n) is 3.27. The number of aryl methyl sites for hydroxylation is 1. The van der Waals surface area contributed by atoms with E-state index >= 15 is 0 Å². The number of amides is 3. The van der Waals surface area contributed by atoms with Gasteiger partial charge in [-0.15, -0.1) is 0 Å². The zero-order chi connectivity index (χ0) is 21.7. The van der Waals surface area contributed by atoms with Crippen LogP contribution in [-0.2, 0) is 14.3 Å². The molecule has 1 atom stereocenters. The number of carbonyl (C=O) groups is 3. The molecule has 3 rings (SSSR count). The van der Waals surface area contributed by atoms with Crippen LogP contribution in [-0.4, -0.2) is 61.5 Å². The van der Waals surface area contributed by atoms with E-state index in [-0.39, 0.29) is 23.5 Å². The van der Waals surface area contributed by atoms with Gasteiger partial charge in [0.05, 0.1) is 24.7 Å². The molecule has 30 heavy (non-hydrogen) atoms. The largest absolute Gasteiger partial charge is 0.493 e. The van der Waals surface area contributed by atoms with Crippen molar-refractivity contribution in [3.8, 4) is 11.5 Å². The van der Waals surface area contributed by atoms with Gasteiger partial charge in [-0.3, -0.25) is 19.3 Å². The van der Waals surface area contributed by atoms with Gasteiger partial charge >= 0.3 is 0 Å². The number of hydrogen-bond acceptors (Lipinski definition) is 7. The van der Waals surface area contributed by atoms with E-state index in [1.807, 2.05) is 19.9 Å². The summed E-state index contributed by atoms with van der Waals surface area (Å²) in [6.45, 7) is 5.00. The molecule has 1 aromatic carbocycles. The second kappa shape index (κ2) is 9.99. The number of imide groups is 1. The SMILES string of the molecule is CCOc1cc(/C=C2\SC(=O)N(CC(=O)NC[C@@H]3CCCO3)C2=O)c(C)cc1OC. The van der Waals surface area contributed by atoms with E-state index in [0.717, 1.165) is 40.6 Å². The van der Waals surface area contributed by atoms with Crippen molar-refractivity contribution < 1.29 is 28.6 Å². The molecular formula is C21H26N2O6S. The van der Waals surface area contributed by atoms with Crippen molar-refractivity contribution in [2.45, 2.75) is 32.8 Å². The van der Waals surface area contributed by atoms with Crippen LogP contribution in [0.5, 0.6) is 11.5 Å². The second-order valence-electron chi connectivity index (χ2n) is 7.00. The van der Waals surface area contributed by atoms with E-state index in [2.05, 4.69) is 5.32 Å². The van der Waals surface area contributed by atoms with Gasteiger partial charge in [0.2, 0.25) is 5.91 Å². The summed E-state index contributed by atoms with van der Waals surface area (Å²) in [7, 11) is 1.56. The van der Waals surface area contributed by atoms with Crippen molar-refractivity contribution >= 4 is 34.9 Å². The Morgan fingerprint density at radius 2 is 2.17 bits per heavy atom. The highest BCUT2D eigenvalue weighted by molar-refractivity contribution is 8.18. The predicted molar refractivity (Wildman–Crippen MR) is 114 cm³/mol. The maximum atomic E-state index is 12.7. The summed E-state index contributed by atoms with van der Waals surface area (Å²) in [5.41, 5.74) is 1.61. The van der Waals surface area contributed by atoms with E-state index in [1.54, 1.807) is 19.3 Å². The van der Waals surface area contributed by atoms with Gasteiger partial charge < -0.3 is 19.5 Å².